The molecule has 2 aromatic heterocycles. The van der Waals surface area contributed by atoms with Crippen molar-refractivity contribution in [3.8, 4) is 0 Å². The molecule has 2 unspecified atom stereocenters. The van der Waals surface area contributed by atoms with Crippen LogP contribution in [0.4, 0.5) is 24.7 Å². The second-order valence-electron chi connectivity index (χ2n) is 24.3. The Balaban J connectivity index is 0.665. The van der Waals surface area contributed by atoms with Crippen LogP contribution in [0, 0.1) is 11.3 Å². The summed E-state index contributed by atoms with van der Waals surface area (Å²) in [6.07, 6.45) is 6.45. The number of rotatable bonds is 12. The molecule has 11 rings (SSSR count). The molecule has 7 aliphatic rings. The van der Waals surface area contributed by atoms with Gasteiger partial charge in [-0.25, -0.2) is 4.98 Å². The van der Waals surface area contributed by atoms with Crippen molar-refractivity contribution in [3.63, 3.8) is 0 Å². The number of piperidine rings is 2. The van der Waals surface area contributed by atoms with E-state index >= 15 is 0 Å². The normalized spacial score (nSPS) is 26.1. The molecule has 7 heterocycles. The number of anilines is 2. The van der Waals surface area contributed by atoms with Crippen LogP contribution in [0.25, 0.3) is 0 Å². The summed E-state index contributed by atoms with van der Waals surface area (Å²) in [7, 11) is 1.93. The first-order valence-electron chi connectivity index (χ1n) is 27.2. The summed E-state index contributed by atoms with van der Waals surface area (Å²) in [5.74, 6) is 0.871. The van der Waals surface area contributed by atoms with Crippen LogP contribution in [-0.4, -0.2) is 121 Å². The minimum absolute atomic E-state index is 0.0390. The molecule has 15 nitrogen and oxygen atoms in total. The Morgan fingerprint density at radius 3 is 2.27 bits per heavy atom. The summed E-state index contributed by atoms with van der Waals surface area (Å²) in [5.41, 5.74) is 2.38. The summed E-state index contributed by atoms with van der Waals surface area (Å²) in [4.78, 5) is 67.2. The Morgan fingerprint density at radius 2 is 1.59 bits per heavy atom. The number of imide groups is 1. The van der Waals surface area contributed by atoms with Crippen LogP contribution in [0.15, 0.2) is 54.9 Å². The largest absolute Gasteiger partial charge is 0.416 e. The molecule has 75 heavy (non-hydrogen) atoms. The van der Waals surface area contributed by atoms with E-state index in [1.54, 1.807) is 17.3 Å². The Morgan fingerprint density at radius 1 is 0.840 bits per heavy atom. The first-order chi connectivity index (χ1) is 35.6. The average molecular weight is 1030 g/mol. The predicted octanol–water partition coefficient (Wildman–Crippen LogP) is 8.15. The number of piperazine rings is 1. The van der Waals surface area contributed by atoms with Crippen molar-refractivity contribution in [3.05, 3.63) is 99.8 Å². The van der Waals surface area contributed by atoms with Crippen molar-refractivity contribution < 1.29 is 37.1 Å². The summed E-state index contributed by atoms with van der Waals surface area (Å²) in [5, 5.41) is 10.8. The van der Waals surface area contributed by atoms with Crippen molar-refractivity contribution in [2.45, 2.75) is 160 Å². The van der Waals surface area contributed by atoms with E-state index in [4.69, 9.17) is 9.72 Å². The molecule has 5 aliphatic heterocycles. The molecule has 400 valence electrons. The van der Waals surface area contributed by atoms with Gasteiger partial charge >= 0.3 is 6.18 Å². The number of carbonyl (C=O) groups is 4. The molecule has 1 N–H and O–H groups in total. The van der Waals surface area contributed by atoms with Crippen LogP contribution >= 0.6 is 0 Å². The molecule has 4 amide bonds. The summed E-state index contributed by atoms with van der Waals surface area (Å²) >= 11 is 0. The van der Waals surface area contributed by atoms with E-state index in [0.717, 1.165) is 101 Å². The zero-order valence-corrected chi connectivity index (χ0v) is 44.2. The lowest BCUT2D eigenvalue weighted by Crippen LogP contribution is -2.59. The van der Waals surface area contributed by atoms with Gasteiger partial charge in [-0.3, -0.25) is 34.3 Å². The lowest BCUT2D eigenvalue weighted by atomic mass is 9.50. The first-order valence-corrected chi connectivity index (χ1v) is 27.2. The van der Waals surface area contributed by atoms with Gasteiger partial charge in [0.1, 0.15) is 24.0 Å². The number of nitrogens with zero attached hydrogens (tertiary/aromatic N) is 9. The van der Waals surface area contributed by atoms with Crippen molar-refractivity contribution >= 4 is 35.1 Å². The van der Waals surface area contributed by atoms with Gasteiger partial charge in [-0.2, -0.15) is 13.2 Å². The first kappa shape index (κ1) is 51.4. The van der Waals surface area contributed by atoms with Crippen molar-refractivity contribution in [1.82, 2.24) is 39.8 Å². The van der Waals surface area contributed by atoms with Gasteiger partial charge in [-0.05, 0) is 143 Å². The monoisotopic (exact) mass is 1030 g/mol. The van der Waals surface area contributed by atoms with Crippen LogP contribution in [0.2, 0.25) is 0 Å². The van der Waals surface area contributed by atoms with E-state index in [0.29, 0.717) is 54.4 Å². The maximum absolute atomic E-state index is 15.0. The third-order valence-corrected chi connectivity index (χ3v) is 17.8. The van der Waals surface area contributed by atoms with Crippen LogP contribution in [0.5, 0.6) is 0 Å². The number of aromatic nitrogens is 4. The molecular formula is C57H71F3N10O5. The number of amides is 4. The number of ether oxygens (including phenoxy) is 1. The topological polar surface area (TPSA) is 149 Å². The number of alkyl halides is 3. The Kier molecular flexibility index (Phi) is 13.3. The van der Waals surface area contributed by atoms with Crippen LogP contribution < -0.4 is 15.1 Å². The van der Waals surface area contributed by atoms with Crippen LogP contribution in [-0.2, 0) is 52.5 Å². The van der Waals surface area contributed by atoms with Crippen molar-refractivity contribution in [1.29, 1.82) is 0 Å². The average Bonchev–Trinajstić information content (AvgIpc) is 4.00. The van der Waals surface area contributed by atoms with Crippen LogP contribution in [0.1, 0.15) is 159 Å². The van der Waals surface area contributed by atoms with Gasteiger partial charge in [0.15, 0.2) is 0 Å². The lowest BCUT2D eigenvalue weighted by molar-refractivity contribution is -0.139. The van der Waals surface area contributed by atoms with E-state index < -0.39 is 29.6 Å². The SMILES string of the molecule is CC1c2nc(N3CCC(OC4CCC(CN5CCN(Cc6cc7c(c(C(F)(F)F)c6)CN(c6cccc(C8(Cc9nncn9C)CC(C)(C)C8)c6)C7=O)C(C)(C)C5)CC4)CC3)ccc2C(=O)N1C1CCC(=O)NC1=O. The predicted molar refractivity (Wildman–Crippen MR) is 276 cm³/mol. The fraction of sp³-hybridized carbons (Fsp3) is 0.596. The quantitative estimate of drug-likeness (QED) is 0.137. The van der Waals surface area contributed by atoms with Gasteiger partial charge in [0.25, 0.3) is 11.8 Å². The van der Waals surface area contributed by atoms with E-state index in [9.17, 15) is 32.3 Å². The zero-order chi connectivity index (χ0) is 52.8. The highest BCUT2D eigenvalue weighted by atomic mass is 19.4. The molecule has 0 spiro atoms. The van der Waals surface area contributed by atoms with E-state index in [-0.39, 0.29) is 70.5 Å². The number of hydrogen-bond acceptors (Lipinski definition) is 11. The standard InChI is InChI=1S/C57H71F3N10O5/c1-35-50-42(53(74)70(35)46-15-17-49(71)63-51(46)72)14-16-47(62-50)67-20-18-41(19-21-67)75-40-12-10-36(11-13-40)28-66-22-23-68(55(4,5)33-66)29-37-24-43-44(45(25-37)57(58,59)60)30-69(52(43)73)39-9-7-8-38(26-39)56(31-54(2,3)32-56)27-48-64-61-34-65(48)6/h7-9,14,16,24-26,34-36,40-41,46H,10-13,15,17-23,27-33H2,1-6H3,(H,63,71,72). The maximum Gasteiger partial charge on any atom is 0.416 e. The molecule has 2 aliphatic carbocycles. The molecule has 18 heteroatoms. The van der Waals surface area contributed by atoms with Gasteiger partial charge in [0.2, 0.25) is 11.8 Å². The number of benzene rings is 2. The van der Waals surface area contributed by atoms with Gasteiger partial charge in [0, 0.05) is 87.9 Å². The fourth-order valence-corrected chi connectivity index (χ4v) is 14.2. The van der Waals surface area contributed by atoms with Crippen molar-refractivity contribution in [2.24, 2.45) is 18.4 Å². The minimum atomic E-state index is -4.62. The molecule has 2 atom stereocenters. The van der Waals surface area contributed by atoms with E-state index in [1.165, 1.54) is 11.0 Å². The number of hydrogen-bond donors (Lipinski definition) is 1. The van der Waals surface area contributed by atoms with E-state index in [2.05, 4.69) is 64.0 Å². The van der Waals surface area contributed by atoms with Gasteiger partial charge < -0.3 is 24.0 Å². The zero-order valence-electron chi connectivity index (χ0n) is 44.2. The highest BCUT2D eigenvalue weighted by molar-refractivity contribution is 6.10. The molecule has 2 saturated carbocycles. The third kappa shape index (κ3) is 9.99. The van der Waals surface area contributed by atoms with Crippen molar-refractivity contribution in [2.75, 3.05) is 49.1 Å². The summed E-state index contributed by atoms with van der Waals surface area (Å²) < 4.78 is 53.6. The number of aryl methyl sites for hydroxylation is 1. The molecular weight excluding hydrogens is 962 g/mol. The Bertz CT molecular complexity index is 2880. The second kappa shape index (κ2) is 19.4. The van der Waals surface area contributed by atoms with E-state index in [1.807, 2.05) is 48.9 Å². The highest BCUT2D eigenvalue weighted by Crippen LogP contribution is 2.57. The molecule has 5 fully saturated rings. The molecule has 3 saturated heterocycles. The summed E-state index contributed by atoms with van der Waals surface area (Å²) in [6, 6.07) is 13.5. The van der Waals surface area contributed by atoms with Gasteiger partial charge in [-0.1, -0.05) is 26.0 Å². The highest BCUT2D eigenvalue weighted by Gasteiger charge is 2.51. The Labute approximate surface area is 437 Å². The van der Waals surface area contributed by atoms with Gasteiger partial charge in [0.05, 0.1) is 41.6 Å². The third-order valence-electron chi connectivity index (χ3n) is 17.8. The summed E-state index contributed by atoms with van der Waals surface area (Å²) in [6.45, 7) is 15.8. The molecule has 4 aromatic rings. The molecule has 0 radical (unpaired) electrons. The number of pyridine rings is 1. The smallest absolute Gasteiger partial charge is 0.375 e. The van der Waals surface area contributed by atoms with Gasteiger partial charge in [-0.15, -0.1) is 10.2 Å². The number of nitrogens with one attached hydrogen (secondary N) is 1. The second-order valence-corrected chi connectivity index (χ2v) is 24.3. The minimum Gasteiger partial charge on any atom is -0.375 e. The molecule has 0 bridgehead atoms. The molecule has 2 aromatic carbocycles. The lowest BCUT2D eigenvalue weighted by Gasteiger charge is -2.54. The number of halogens is 3. The number of carbonyl (C=O) groups excluding carboxylic acids is 4. The van der Waals surface area contributed by atoms with Crippen LogP contribution in [0.3, 0.4) is 0 Å². The fourth-order valence-electron chi connectivity index (χ4n) is 14.2. The Hall–Kier alpha value is -5.72. The maximum atomic E-state index is 15.0. The number of fused-ring (bicyclic) bond motifs is 2.